The van der Waals surface area contributed by atoms with Crippen LogP contribution in [0.2, 0.25) is 0 Å². The van der Waals surface area contributed by atoms with Gasteiger partial charge in [0.15, 0.2) is 0 Å². The molecule has 1 aliphatic rings. The van der Waals surface area contributed by atoms with Crippen molar-refractivity contribution >= 4 is 11.8 Å². The summed E-state index contributed by atoms with van der Waals surface area (Å²) in [6.07, 6.45) is 6.45. The molecule has 0 heterocycles. The molecule has 1 aromatic carbocycles. The molecule has 5 nitrogen and oxygen atoms in total. The van der Waals surface area contributed by atoms with E-state index in [4.69, 9.17) is 5.26 Å². The number of rotatable bonds is 6. The van der Waals surface area contributed by atoms with Crippen LogP contribution in [0.15, 0.2) is 30.3 Å². The monoisotopic (exact) mass is 313 g/mol. The SMILES string of the molecule is N#CCNC(=O)C(CC1CCCCC1)NC(=O)c1ccccc1. The molecule has 2 rings (SSSR count). The van der Waals surface area contributed by atoms with Gasteiger partial charge in [-0.2, -0.15) is 5.26 Å². The molecule has 1 atom stereocenters. The van der Waals surface area contributed by atoms with E-state index in [0.29, 0.717) is 17.9 Å². The van der Waals surface area contributed by atoms with Crippen LogP contribution in [0, 0.1) is 17.2 Å². The fraction of sp³-hybridized carbons (Fsp3) is 0.500. The molecule has 1 unspecified atom stereocenters. The molecule has 1 aromatic rings. The molecule has 0 aromatic heterocycles. The summed E-state index contributed by atoms with van der Waals surface area (Å²) in [7, 11) is 0. The minimum atomic E-state index is -0.584. The van der Waals surface area contributed by atoms with Gasteiger partial charge in [-0.05, 0) is 24.5 Å². The largest absolute Gasteiger partial charge is 0.341 e. The van der Waals surface area contributed by atoms with Crippen LogP contribution in [0.1, 0.15) is 48.9 Å². The Kier molecular flexibility index (Phi) is 6.61. The van der Waals surface area contributed by atoms with Gasteiger partial charge in [0, 0.05) is 5.56 Å². The van der Waals surface area contributed by atoms with Crippen molar-refractivity contribution in [1.82, 2.24) is 10.6 Å². The lowest BCUT2D eigenvalue weighted by Crippen LogP contribution is -2.48. The number of hydrogen-bond donors (Lipinski definition) is 2. The highest BCUT2D eigenvalue weighted by molar-refractivity contribution is 5.97. The first-order valence-corrected chi connectivity index (χ1v) is 8.21. The lowest BCUT2D eigenvalue weighted by molar-refractivity contribution is -0.123. The van der Waals surface area contributed by atoms with E-state index >= 15 is 0 Å². The van der Waals surface area contributed by atoms with Crippen molar-refractivity contribution in [2.24, 2.45) is 5.92 Å². The van der Waals surface area contributed by atoms with Crippen molar-refractivity contribution < 1.29 is 9.59 Å². The van der Waals surface area contributed by atoms with E-state index in [1.54, 1.807) is 24.3 Å². The number of nitriles is 1. The zero-order valence-electron chi connectivity index (χ0n) is 13.3. The molecule has 2 amide bonds. The van der Waals surface area contributed by atoms with Gasteiger partial charge in [-0.25, -0.2) is 0 Å². The number of carbonyl (C=O) groups excluding carboxylic acids is 2. The molecule has 0 aliphatic heterocycles. The van der Waals surface area contributed by atoms with Crippen molar-refractivity contribution in [2.75, 3.05) is 6.54 Å². The van der Waals surface area contributed by atoms with Gasteiger partial charge in [-0.15, -0.1) is 0 Å². The molecule has 0 saturated heterocycles. The topological polar surface area (TPSA) is 82.0 Å². The zero-order valence-corrected chi connectivity index (χ0v) is 13.3. The Morgan fingerprint density at radius 1 is 1.17 bits per heavy atom. The van der Waals surface area contributed by atoms with E-state index in [-0.39, 0.29) is 18.4 Å². The minimum absolute atomic E-state index is 0.0405. The standard InChI is InChI=1S/C18H23N3O2/c19-11-12-20-18(23)16(13-14-7-3-1-4-8-14)21-17(22)15-9-5-2-6-10-15/h2,5-6,9-10,14,16H,1,3-4,7-8,12-13H2,(H,20,23)(H,21,22). The summed E-state index contributed by atoms with van der Waals surface area (Å²) in [4.78, 5) is 24.6. The fourth-order valence-corrected chi connectivity index (χ4v) is 3.07. The summed E-state index contributed by atoms with van der Waals surface area (Å²) in [6, 6.07) is 10.2. The Morgan fingerprint density at radius 2 is 1.87 bits per heavy atom. The van der Waals surface area contributed by atoms with Gasteiger partial charge in [-0.3, -0.25) is 9.59 Å². The maximum absolute atomic E-state index is 12.3. The van der Waals surface area contributed by atoms with E-state index in [1.807, 2.05) is 12.1 Å². The van der Waals surface area contributed by atoms with Crippen LogP contribution in [0.4, 0.5) is 0 Å². The fourth-order valence-electron chi connectivity index (χ4n) is 3.07. The third-order valence-electron chi connectivity index (χ3n) is 4.29. The molecule has 0 spiro atoms. The number of hydrogen-bond acceptors (Lipinski definition) is 3. The van der Waals surface area contributed by atoms with Crippen molar-refractivity contribution in [2.45, 2.75) is 44.6 Å². The third-order valence-corrected chi connectivity index (χ3v) is 4.29. The molecule has 0 radical (unpaired) electrons. The lowest BCUT2D eigenvalue weighted by Gasteiger charge is -2.26. The summed E-state index contributed by atoms with van der Waals surface area (Å²) >= 11 is 0. The van der Waals surface area contributed by atoms with Crippen LogP contribution >= 0.6 is 0 Å². The molecule has 23 heavy (non-hydrogen) atoms. The van der Waals surface area contributed by atoms with Gasteiger partial charge in [0.1, 0.15) is 12.6 Å². The number of benzene rings is 1. The molecule has 2 N–H and O–H groups in total. The quantitative estimate of drug-likeness (QED) is 0.791. The van der Waals surface area contributed by atoms with E-state index in [0.717, 1.165) is 12.8 Å². The molecule has 1 saturated carbocycles. The van der Waals surface area contributed by atoms with Crippen LogP contribution in [-0.2, 0) is 4.79 Å². The van der Waals surface area contributed by atoms with E-state index in [9.17, 15) is 9.59 Å². The van der Waals surface area contributed by atoms with Gasteiger partial charge in [0.05, 0.1) is 6.07 Å². The summed E-state index contributed by atoms with van der Waals surface area (Å²) in [5.74, 6) is -0.0717. The molecule has 122 valence electrons. The first-order chi connectivity index (χ1) is 11.2. The van der Waals surface area contributed by atoms with Crippen LogP contribution in [0.3, 0.4) is 0 Å². The Balaban J connectivity index is 2.01. The maximum atomic E-state index is 12.3. The first-order valence-electron chi connectivity index (χ1n) is 8.21. The predicted molar refractivity (Wildman–Crippen MR) is 87.5 cm³/mol. The maximum Gasteiger partial charge on any atom is 0.251 e. The van der Waals surface area contributed by atoms with Crippen LogP contribution < -0.4 is 10.6 Å². The number of carbonyl (C=O) groups is 2. The highest BCUT2D eigenvalue weighted by Crippen LogP contribution is 2.27. The van der Waals surface area contributed by atoms with E-state index < -0.39 is 6.04 Å². The third kappa shape index (κ3) is 5.41. The van der Waals surface area contributed by atoms with Crippen molar-refractivity contribution in [1.29, 1.82) is 5.26 Å². The van der Waals surface area contributed by atoms with Crippen molar-refractivity contribution in [3.05, 3.63) is 35.9 Å². The van der Waals surface area contributed by atoms with Gasteiger partial charge < -0.3 is 10.6 Å². The highest BCUT2D eigenvalue weighted by Gasteiger charge is 2.26. The molecule has 5 heteroatoms. The highest BCUT2D eigenvalue weighted by atomic mass is 16.2. The molecular weight excluding hydrogens is 290 g/mol. The van der Waals surface area contributed by atoms with Gasteiger partial charge in [-0.1, -0.05) is 50.3 Å². The van der Waals surface area contributed by atoms with Crippen LogP contribution in [0.5, 0.6) is 0 Å². The van der Waals surface area contributed by atoms with Crippen molar-refractivity contribution in [3.63, 3.8) is 0 Å². The van der Waals surface area contributed by atoms with E-state index in [1.165, 1.54) is 19.3 Å². The molecule has 0 bridgehead atoms. The van der Waals surface area contributed by atoms with Gasteiger partial charge >= 0.3 is 0 Å². The summed E-state index contributed by atoms with van der Waals surface area (Å²) < 4.78 is 0. The average Bonchev–Trinajstić information content (AvgIpc) is 2.60. The van der Waals surface area contributed by atoms with E-state index in [2.05, 4.69) is 10.6 Å². The molecule has 1 fully saturated rings. The lowest BCUT2D eigenvalue weighted by atomic mass is 9.84. The Hall–Kier alpha value is -2.35. The van der Waals surface area contributed by atoms with Gasteiger partial charge in [0.25, 0.3) is 5.91 Å². The summed E-state index contributed by atoms with van der Waals surface area (Å²) in [6.45, 7) is -0.0405. The van der Waals surface area contributed by atoms with Crippen LogP contribution in [-0.4, -0.2) is 24.4 Å². The average molecular weight is 313 g/mol. The second kappa shape index (κ2) is 8.94. The number of nitrogens with one attached hydrogen (secondary N) is 2. The van der Waals surface area contributed by atoms with Crippen LogP contribution in [0.25, 0.3) is 0 Å². The number of amides is 2. The molecular formula is C18H23N3O2. The Labute approximate surface area is 137 Å². The predicted octanol–water partition coefficient (Wildman–Crippen LogP) is 2.40. The Morgan fingerprint density at radius 3 is 2.52 bits per heavy atom. The van der Waals surface area contributed by atoms with Gasteiger partial charge in [0.2, 0.25) is 5.91 Å². The first kappa shape index (κ1) is 17.0. The smallest absolute Gasteiger partial charge is 0.251 e. The number of nitrogens with zero attached hydrogens (tertiary/aromatic N) is 1. The second-order valence-electron chi connectivity index (χ2n) is 6.01. The van der Waals surface area contributed by atoms with Crippen molar-refractivity contribution in [3.8, 4) is 6.07 Å². The zero-order chi connectivity index (χ0) is 16.5. The summed E-state index contributed by atoms with van der Waals surface area (Å²) in [5.41, 5.74) is 0.536. The second-order valence-corrected chi connectivity index (χ2v) is 6.01. The molecule has 1 aliphatic carbocycles. The summed E-state index contributed by atoms with van der Waals surface area (Å²) in [5, 5.41) is 14.0. The normalized spacial score (nSPS) is 16.1. The minimum Gasteiger partial charge on any atom is -0.341 e. The Bertz CT molecular complexity index is 559.